The van der Waals surface area contributed by atoms with E-state index in [0.717, 1.165) is 0 Å². The number of benzene rings is 1. The minimum atomic E-state index is -0.579. The van der Waals surface area contributed by atoms with Gasteiger partial charge in [-0.05, 0) is 39.0 Å². The fourth-order valence-corrected chi connectivity index (χ4v) is 1.68. The average molecular weight is 301 g/mol. The summed E-state index contributed by atoms with van der Waals surface area (Å²) in [6.45, 7) is 5.06. The second-order valence-corrected chi connectivity index (χ2v) is 5.48. The molecule has 0 amide bonds. The highest BCUT2D eigenvalue weighted by atomic mass is 16.6. The number of nitriles is 1. The van der Waals surface area contributed by atoms with Crippen LogP contribution in [-0.4, -0.2) is 28.3 Å². The summed E-state index contributed by atoms with van der Waals surface area (Å²) in [7, 11) is 0. The van der Waals surface area contributed by atoms with Gasteiger partial charge in [0.15, 0.2) is 12.9 Å². The van der Waals surface area contributed by atoms with Crippen molar-refractivity contribution in [1.82, 2.24) is 10.1 Å². The summed E-state index contributed by atoms with van der Waals surface area (Å²) in [6, 6.07) is 6.73. The van der Waals surface area contributed by atoms with E-state index < -0.39 is 11.6 Å². The van der Waals surface area contributed by atoms with Crippen LogP contribution in [0.4, 0.5) is 0 Å². The zero-order valence-electron chi connectivity index (χ0n) is 12.5. The van der Waals surface area contributed by atoms with Crippen LogP contribution >= 0.6 is 0 Å². The van der Waals surface area contributed by atoms with Crippen LogP contribution in [0.5, 0.6) is 5.75 Å². The molecule has 7 heteroatoms. The molecule has 2 aromatic rings. The van der Waals surface area contributed by atoms with E-state index in [1.165, 1.54) is 12.4 Å². The smallest absolute Gasteiger partial charge is 0.344 e. The largest absolute Gasteiger partial charge is 0.482 e. The lowest BCUT2D eigenvalue weighted by molar-refractivity contribution is -0.157. The Morgan fingerprint density at radius 2 is 2.14 bits per heavy atom. The van der Waals surface area contributed by atoms with Gasteiger partial charge in [-0.2, -0.15) is 10.2 Å². The van der Waals surface area contributed by atoms with Crippen molar-refractivity contribution in [3.05, 3.63) is 30.1 Å². The number of hydrogen-bond donors (Lipinski definition) is 0. The van der Waals surface area contributed by atoms with E-state index in [1.54, 1.807) is 32.9 Å². The van der Waals surface area contributed by atoms with E-state index in [2.05, 4.69) is 10.1 Å². The maximum Gasteiger partial charge on any atom is 0.344 e. The Bertz CT molecular complexity index is 697. The van der Waals surface area contributed by atoms with E-state index in [0.29, 0.717) is 16.9 Å². The van der Waals surface area contributed by atoms with Crippen molar-refractivity contribution in [3.63, 3.8) is 0 Å². The van der Waals surface area contributed by atoms with Gasteiger partial charge in [-0.1, -0.05) is 5.16 Å². The van der Waals surface area contributed by atoms with Crippen LogP contribution in [-0.2, 0) is 9.53 Å². The number of esters is 1. The molecule has 1 aromatic carbocycles. The van der Waals surface area contributed by atoms with Crippen LogP contribution in [0.3, 0.4) is 0 Å². The molecule has 1 heterocycles. The van der Waals surface area contributed by atoms with Gasteiger partial charge >= 0.3 is 5.97 Å². The Labute approximate surface area is 127 Å². The zero-order valence-corrected chi connectivity index (χ0v) is 12.5. The molecule has 0 spiro atoms. The first-order chi connectivity index (χ1) is 10.4. The molecule has 0 radical (unpaired) electrons. The Kier molecular flexibility index (Phi) is 4.41. The van der Waals surface area contributed by atoms with Gasteiger partial charge in [-0.25, -0.2) is 4.79 Å². The number of rotatable bonds is 4. The Hall–Kier alpha value is -2.88. The molecule has 0 saturated carbocycles. The molecule has 0 aliphatic carbocycles. The molecule has 114 valence electrons. The zero-order chi connectivity index (χ0) is 16.2. The van der Waals surface area contributed by atoms with Crippen LogP contribution < -0.4 is 4.74 Å². The summed E-state index contributed by atoms with van der Waals surface area (Å²) in [5.41, 5.74) is 0.315. The summed E-state index contributed by atoms with van der Waals surface area (Å²) in [5.74, 6) is 0.117. The lowest BCUT2D eigenvalue weighted by atomic mass is 10.1. The van der Waals surface area contributed by atoms with Crippen LogP contribution in [0.2, 0.25) is 0 Å². The molecule has 0 aliphatic heterocycles. The van der Waals surface area contributed by atoms with Gasteiger partial charge in [0.05, 0.1) is 11.6 Å². The van der Waals surface area contributed by atoms with Gasteiger partial charge in [0.1, 0.15) is 11.4 Å². The van der Waals surface area contributed by atoms with Crippen LogP contribution in [0.1, 0.15) is 26.3 Å². The first-order valence-electron chi connectivity index (χ1n) is 6.54. The van der Waals surface area contributed by atoms with Crippen LogP contribution in [0, 0.1) is 11.3 Å². The Balaban J connectivity index is 2.13. The number of ether oxygens (including phenoxy) is 2. The molecule has 22 heavy (non-hydrogen) atoms. The van der Waals surface area contributed by atoms with Crippen molar-refractivity contribution in [2.75, 3.05) is 6.61 Å². The molecular formula is C15H15N3O4. The first kappa shape index (κ1) is 15.5. The van der Waals surface area contributed by atoms with E-state index >= 15 is 0 Å². The molecule has 0 unspecified atom stereocenters. The molecular weight excluding hydrogens is 286 g/mol. The summed E-state index contributed by atoms with van der Waals surface area (Å²) in [5, 5.41) is 12.6. The molecule has 1 aromatic heterocycles. The minimum absolute atomic E-state index is 0.255. The summed E-state index contributed by atoms with van der Waals surface area (Å²) >= 11 is 0. The van der Waals surface area contributed by atoms with Gasteiger partial charge in [0.2, 0.25) is 0 Å². The lowest BCUT2D eigenvalue weighted by Gasteiger charge is -2.19. The molecule has 0 N–H and O–H groups in total. The average Bonchev–Trinajstić information content (AvgIpc) is 2.97. The standard InChI is InChI=1S/C15H15N3O4/c1-15(2,3)21-13(19)8-20-12-5-10(7-16)4-11(6-12)14-17-9-18-22-14/h4-6,9H,8H2,1-3H3. The number of carbonyl (C=O) groups is 1. The fourth-order valence-electron chi connectivity index (χ4n) is 1.68. The monoisotopic (exact) mass is 301 g/mol. The molecule has 0 bridgehead atoms. The molecule has 7 nitrogen and oxygen atoms in total. The van der Waals surface area contributed by atoms with Crippen molar-refractivity contribution in [2.45, 2.75) is 26.4 Å². The SMILES string of the molecule is CC(C)(C)OC(=O)COc1cc(C#N)cc(-c2ncno2)c1. The highest BCUT2D eigenvalue weighted by molar-refractivity contribution is 5.71. The predicted octanol–water partition coefficient (Wildman–Crippen LogP) is 2.33. The summed E-state index contributed by atoms with van der Waals surface area (Å²) in [6.07, 6.45) is 1.26. The Morgan fingerprint density at radius 3 is 2.73 bits per heavy atom. The molecule has 0 aliphatic rings. The topological polar surface area (TPSA) is 98.2 Å². The third kappa shape index (κ3) is 4.31. The van der Waals surface area contributed by atoms with Gasteiger partial charge in [0, 0.05) is 5.56 Å². The van der Waals surface area contributed by atoms with E-state index in [-0.39, 0.29) is 12.5 Å². The van der Waals surface area contributed by atoms with Gasteiger partial charge in [0.25, 0.3) is 5.89 Å². The number of carbonyl (C=O) groups excluding carboxylic acids is 1. The van der Waals surface area contributed by atoms with Crippen molar-refractivity contribution in [3.8, 4) is 23.3 Å². The molecule has 0 saturated heterocycles. The van der Waals surface area contributed by atoms with E-state index in [1.807, 2.05) is 6.07 Å². The van der Waals surface area contributed by atoms with Crippen molar-refractivity contribution in [2.24, 2.45) is 0 Å². The summed E-state index contributed by atoms with van der Waals surface area (Å²) in [4.78, 5) is 15.6. The van der Waals surface area contributed by atoms with Gasteiger partial charge in [-0.3, -0.25) is 0 Å². The second-order valence-electron chi connectivity index (χ2n) is 5.48. The number of nitrogens with zero attached hydrogens (tertiary/aromatic N) is 3. The van der Waals surface area contributed by atoms with E-state index in [4.69, 9.17) is 19.3 Å². The maximum atomic E-state index is 11.6. The minimum Gasteiger partial charge on any atom is -0.482 e. The number of hydrogen-bond acceptors (Lipinski definition) is 7. The second kappa shape index (κ2) is 6.26. The molecule has 0 fully saturated rings. The number of aromatic nitrogens is 2. The van der Waals surface area contributed by atoms with Crippen molar-refractivity contribution >= 4 is 5.97 Å². The first-order valence-corrected chi connectivity index (χ1v) is 6.54. The van der Waals surface area contributed by atoms with Gasteiger partial charge < -0.3 is 14.0 Å². The summed E-state index contributed by atoms with van der Waals surface area (Å²) < 4.78 is 15.5. The van der Waals surface area contributed by atoms with E-state index in [9.17, 15) is 4.79 Å². The third-order valence-electron chi connectivity index (χ3n) is 2.42. The van der Waals surface area contributed by atoms with Crippen LogP contribution in [0.25, 0.3) is 11.5 Å². The Morgan fingerprint density at radius 1 is 1.36 bits per heavy atom. The van der Waals surface area contributed by atoms with Crippen LogP contribution in [0.15, 0.2) is 29.0 Å². The fraction of sp³-hybridized carbons (Fsp3) is 0.333. The highest BCUT2D eigenvalue weighted by Crippen LogP contribution is 2.24. The quantitative estimate of drug-likeness (QED) is 0.799. The molecule has 0 atom stereocenters. The predicted molar refractivity (Wildman–Crippen MR) is 75.8 cm³/mol. The van der Waals surface area contributed by atoms with Crippen molar-refractivity contribution in [1.29, 1.82) is 5.26 Å². The maximum absolute atomic E-state index is 11.6. The molecule has 2 rings (SSSR count). The lowest BCUT2D eigenvalue weighted by Crippen LogP contribution is -2.27. The van der Waals surface area contributed by atoms with Gasteiger partial charge in [-0.15, -0.1) is 0 Å². The third-order valence-corrected chi connectivity index (χ3v) is 2.42. The highest BCUT2D eigenvalue weighted by Gasteiger charge is 2.17. The normalized spacial score (nSPS) is 10.8. The van der Waals surface area contributed by atoms with Crippen molar-refractivity contribution < 1.29 is 18.8 Å².